The number of hydrogen-bond acceptors (Lipinski definition) is 5. The van der Waals surface area contributed by atoms with Crippen LogP contribution in [0.15, 0.2) is 5.16 Å². The number of thioether (sulfide) groups is 1. The molecule has 2 aromatic heterocycles. The molecule has 0 radical (unpaired) electrons. The Labute approximate surface area is 127 Å². The molecular weight excluding hydrogens is 292 g/mol. The van der Waals surface area contributed by atoms with Gasteiger partial charge in [-0.25, -0.2) is 9.67 Å². The number of carboxylic acids is 1. The molecule has 2 rings (SSSR count). The first-order valence-corrected chi connectivity index (χ1v) is 7.77. The second kappa shape index (κ2) is 6.48. The van der Waals surface area contributed by atoms with Crippen molar-refractivity contribution in [3.63, 3.8) is 0 Å². The number of hydrogen-bond donors (Lipinski definition) is 1. The van der Waals surface area contributed by atoms with E-state index in [1.807, 2.05) is 30.0 Å². The number of aryl methyl sites for hydroxylation is 2. The molecule has 1 N–H and O–H groups in total. The lowest BCUT2D eigenvalue weighted by Gasteiger charge is -2.14. The number of methoxy groups -OCH3 is 1. The summed E-state index contributed by atoms with van der Waals surface area (Å²) in [6, 6.07) is 0. The summed E-state index contributed by atoms with van der Waals surface area (Å²) >= 11 is 1.22. The van der Waals surface area contributed by atoms with Gasteiger partial charge < -0.3 is 14.4 Å². The number of imidazole rings is 1. The molecule has 0 saturated carbocycles. The molecule has 116 valence electrons. The zero-order valence-electron chi connectivity index (χ0n) is 12.7. The van der Waals surface area contributed by atoms with Gasteiger partial charge in [-0.15, -0.1) is 0 Å². The van der Waals surface area contributed by atoms with Crippen molar-refractivity contribution < 1.29 is 14.6 Å². The number of fused-ring (bicyclic) bond motifs is 1. The van der Waals surface area contributed by atoms with E-state index in [0.29, 0.717) is 11.7 Å². The van der Waals surface area contributed by atoms with Gasteiger partial charge in [0.2, 0.25) is 0 Å². The fourth-order valence-electron chi connectivity index (χ4n) is 2.16. The number of carboxylic acid groups (broad SMARTS) is 1. The highest BCUT2D eigenvalue weighted by Gasteiger charge is 2.20. The second-order valence-electron chi connectivity index (χ2n) is 4.81. The molecular formula is C13H20N4O3S. The number of nitrogens with zero attached hydrogens (tertiary/aromatic N) is 4. The zero-order valence-corrected chi connectivity index (χ0v) is 13.5. The van der Waals surface area contributed by atoms with Crippen molar-refractivity contribution in [2.75, 3.05) is 12.9 Å². The van der Waals surface area contributed by atoms with Crippen LogP contribution in [0.25, 0.3) is 11.2 Å². The average Bonchev–Trinajstić information content (AvgIpc) is 2.95. The summed E-state index contributed by atoms with van der Waals surface area (Å²) in [5.74, 6) is -0.869. The number of aromatic nitrogens is 4. The fourth-order valence-corrected chi connectivity index (χ4v) is 2.88. The molecule has 0 amide bonds. The van der Waals surface area contributed by atoms with Crippen LogP contribution in [-0.2, 0) is 22.6 Å². The third-order valence-electron chi connectivity index (χ3n) is 3.23. The van der Waals surface area contributed by atoms with Gasteiger partial charge in [-0.05, 0) is 20.8 Å². The molecule has 0 saturated heterocycles. The number of aliphatic carboxylic acids is 1. The Morgan fingerprint density at radius 3 is 2.81 bits per heavy atom. The number of carbonyl (C=O) groups is 1. The second-order valence-corrected chi connectivity index (χ2v) is 5.75. The van der Waals surface area contributed by atoms with Crippen LogP contribution in [0.5, 0.6) is 0 Å². The average molecular weight is 312 g/mol. The van der Waals surface area contributed by atoms with E-state index in [4.69, 9.17) is 9.84 Å². The minimum atomic E-state index is -0.854. The molecule has 0 aliphatic rings. The SMILES string of the molecule is CCn1nc(C)c2nc(SCC(=O)O)n(CC(C)OC)c21. The Morgan fingerprint density at radius 2 is 2.24 bits per heavy atom. The summed E-state index contributed by atoms with van der Waals surface area (Å²) in [6.45, 7) is 7.25. The van der Waals surface area contributed by atoms with Crippen LogP contribution in [0, 0.1) is 6.92 Å². The number of rotatable bonds is 7. The lowest BCUT2D eigenvalue weighted by Crippen LogP contribution is -2.17. The third-order valence-corrected chi connectivity index (χ3v) is 4.19. The van der Waals surface area contributed by atoms with Gasteiger partial charge in [0.15, 0.2) is 10.8 Å². The normalized spacial score (nSPS) is 13.0. The molecule has 0 fully saturated rings. The predicted molar refractivity (Wildman–Crippen MR) is 80.8 cm³/mol. The van der Waals surface area contributed by atoms with Gasteiger partial charge in [0, 0.05) is 13.7 Å². The molecule has 1 unspecified atom stereocenters. The molecule has 0 spiro atoms. The summed E-state index contributed by atoms with van der Waals surface area (Å²) in [4.78, 5) is 15.4. The van der Waals surface area contributed by atoms with Crippen molar-refractivity contribution >= 4 is 28.9 Å². The van der Waals surface area contributed by atoms with E-state index in [9.17, 15) is 4.79 Å². The van der Waals surface area contributed by atoms with E-state index in [2.05, 4.69) is 10.1 Å². The Balaban J connectivity index is 2.50. The summed E-state index contributed by atoms with van der Waals surface area (Å²) < 4.78 is 9.22. The third kappa shape index (κ3) is 3.21. The van der Waals surface area contributed by atoms with E-state index in [1.165, 1.54) is 11.8 Å². The first-order valence-electron chi connectivity index (χ1n) is 6.78. The lowest BCUT2D eigenvalue weighted by molar-refractivity contribution is -0.133. The van der Waals surface area contributed by atoms with Crippen LogP contribution in [-0.4, -0.2) is 49.4 Å². The Kier molecular flexibility index (Phi) is 4.89. The van der Waals surface area contributed by atoms with E-state index in [1.54, 1.807) is 7.11 Å². The minimum Gasteiger partial charge on any atom is -0.481 e. The van der Waals surface area contributed by atoms with Gasteiger partial charge in [-0.3, -0.25) is 4.79 Å². The van der Waals surface area contributed by atoms with E-state index >= 15 is 0 Å². The fraction of sp³-hybridized carbons (Fsp3) is 0.615. The standard InChI is InChI=1S/C13H20N4O3S/c1-5-17-12-11(9(3)15-17)14-13(21-7-10(18)19)16(12)6-8(2)20-4/h8H,5-7H2,1-4H3,(H,18,19). The van der Waals surface area contributed by atoms with Crippen LogP contribution in [0.2, 0.25) is 0 Å². The van der Waals surface area contributed by atoms with Gasteiger partial charge in [-0.2, -0.15) is 5.10 Å². The first-order chi connectivity index (χ1) is 9.97. The van der Waals surface area contributed by atoms with Gasteiger partial charge in [-0.1, -0.05) is 11.8 Å². The van der Waals surface area contributed by atoms with Crippen LogP contribution >= 0.6 is 11.8 Å². The van der Waals surface area contributed by atoms with Crippen LogP contribution in [0.1, 0.15) is 19.5 Å². The molecule has 7 nitrogen and oxygen atoms in total. The highest BCUT2D eigenvalue weighted by Crippen LogP contribution is 2.26. The van der Waals surface area contributed by atoms with Crippen LogP contribution in [0.4, 0.5) is 0 Å². The van der Waals surface area contributed by atoms with Crippen molar-refractivity contribution in [3.05, 3.63) is 5.69 Å². The maximum atomic E-state index is 10.8. The quantitative estimate of drug-likeness (QED) is 0.785. The Morgan fingerprint density at radius 1 is 1.52 bits per heavy atom. The molecule has 0 aliphatic carbocycles. The topological polar surface area (TPSA) is 82.2 Å². The van der Waals surface area contributed by atoms with Crippen molar-refractivity contribution in [1.29, 1.82) is 0 Å². The molecule has 21 heavy (non-hydrogen) atoms. The van der Waals surface area contributed by atoms with Gasteiger partial charge in [0.25, 0.3) is 0 Å². The summed E-state index contributed by atoms with van der Waals surface area (Å²) in [7, 11) is 1.66. The summed E-state index contributed by atoms with van der Waals surface area (Å²) in [6.07, 6.45) is 0.00657. The van der Waals surface area contributed by atoms with Gasteiger partial charge in [0.1, 0.15) is 5.52 Å². The van der Waals surface area contributed by atoms with Gasteiger partial charge >= 0.3 is 5.97 Å². The van der Waals surface area contributed by atoms with E-state index < -0.39 is 5.97 Å². The molecule has 1 atom stereocenters. The van der Waals surface area contributed by atoms with Crippen LogP contribution in [0.3, 0.4) is 0 Å². The highest BCUT2D eigenvalue weighted by molar-refractivity contribution is 7.99. The highest BCUT2D eigenvalue weighted by atomic mass is 32.2. The molecule has 2 aromatic rings. The largest absolute Gasteiger partial charge is 0.481 e. The lowest BCUT2D eigenvalue weighted by atomic mass is 10.4. The van der Waals surface area contributed by atoms with E-state index in [0.717, 1.165) is 23.4 Å². The Hall–Kier alpha value is -1.54. The maximum absolute atomic E-state index is 10.8. The smallest absolute Gasteiger partial charge is 0.313 e. The molecule has 2 heterocycles. The summed E-state index contributed by atoms with van der Waals surface area (Å²) in [5.41, 5.74) is 2.60. The number of ether oxygens (including phenoxy) is 1. The van der Waals surface area contributed by atoms with Crippen molar-refractivity contribution in [3.8, 4) is 0 Å². The minimum absolute atomic E-state index is 0.00657. The monoisotopic (exact) mass is 312 g/mol. The summed E-state index contributed by atoms with van der Waals surface area (Å²) in [5, 5.41) is 14.0. The van der Waals surface area contributed by atoms with Crippen molar-refractivity contribution in [2.45, 2.75) is 45.1 Å². The first kappa shape index (κ1) is 15.8. The Bertz CT molecular complexity index is 649. The predicted octanol–water partition coefficient (Wildman–Crippen LogP) is 1.77. The molecule has 0 aromatic carbocycles. The van der Waals surface area contributed by atoms with E-state index in [-0.39, 0.29) is 11.9 Å². The van der Waals surface area contributed by atoms with Crippen LogP contribution < -0.4 is 0 Å². The van der Waals surface area contributed by atoms with Gasteiger partial charge in [0.05, 0.1) is 24.1 Å². The molecule has 8 heteroatoms. The maximum Gasteiger partial charge on any atom is 0.313 e. The van der Waals surface area contributed by atoms with Crippen molar-refractivity contribution in [2.24, 2.45) is 0 Å². The zero-order chi connectivity index (χ0) is 15.6. The molecule has 0 aliphatic heterocycles. The molecule has 0 bridgehead atoms. The van der Waals surface area contributed by atoms with Crippen molar-refractivity contribution in [1.82, 2.24) is 19.3 Å².